The number of benzene rings is 1. The van der Waals surface area contributed by atoms with Gasteiger partial charge >= 0.3 is 5.69 Å². The van der Waals surface area contributed by atoms with Crippen LogP contribution in [0.2, 0.25) is 5.02 Å². The number of rotatable bonds is 5. The summed E-state index contributed by atoms with van der Waals surface area (Å²) >= 11 is 6.01. The molecule has 0 aliphatic carbocycles. The van der Waals surface area contributed by atoms with Gasteiger partial charge in [-0.25, -0.2) is 4.79 Å². The molecule has 0 aliphatic rings. The fourth-order valence-corrected chi connectivity index (χ4v) is 2.14. The molecule has 7 nitrogen and oxygen atoms in total. The predicted octanol–water partition coefficient (Wildman–Crippen LogP) is 1.54. The molecule has 122 valence electrons. The molecule has 0 saturated heterocycles. The first-order chi connectivity index (χ1) is 10.9. The summed E-state index contributed by atoms with van der Waals surface area (Å²) in [5.74, 6) is 0.165. The van der Waals surface area contributed by atoms with Crippen molar-refractivity contribution in [2.24, 2.45) is 0 Å². The van der Waals surface area contributed by atoms with E-state index >= 15 is 0 Å². The summed E-state index contributed by atoms with van der Waals surface area (Å²) in [6.45, 7) is 1.97. The van der Waals surface area contributed by atoms with Gasteiger partial charge in [-0.3, -0.25) is 14.6 Å². The number of methoxy groups -OCH3 is 1. The van der Waals surface area contributed by atoms with Gasteiger partial charge in [0, 0.05) is 36.3 Å². The third-order valence-corrected chi connectivity index (χ3v) is 3.64. The minimum atomic E-state index is -0.551. The number of nitrogens with zero attached hydrogens (tertiary/aromatic N) is 1. The summed E-state index contributed by atoms with van der Waals surface area (Å²) in [5, 5.41) is 3.26. The number of nitrogens with one attached hydrogen (secondary N) is 2. The Balaban J connectivity index is 2.06. The monoisotopic (exact) mass is 337 g/mol. The lowest BCUT2D eigenvalue weighted by molar-refractivity contribution is -0.116. The Bertz CT molecular complexity index is 841. The minimum absolute atomic E-state index is 0.0662. The number of aromatic amines is 1. The third-order valence-electron chi connectivity index (χ3n) is 3.23. The smallest absolute Gasteiger partial charge is 0.328 e. The van der Waals surface area contributed by atoms with E-state index in [-0.39, 0.29) is 18.9 Å². The molecule has 0 bridgehead atoms. The molecule has 0 aliphatic heterocycles. The number of anilines is 1. The molecular weight excluding hydrogens is 322 g/mol. The van der Waals surface area contributed by atoms with E-state index < -0.39 is 11.2 Å². The Hall–Kier alpha value is -2.54. The van der Waals surface area contributed by atoms with Gasteiger partial charge in [-0.2, -0.15) is 0 Å². The number of carbonyl (C=O) groups excluding carboxylic acids is 1. The Morgan fingerprint density at radius 1 is 1.39 bits per heavy atom. The Labute approximate surface area is 136 Å². The number of ether oxygens (including phenoxy) is 1. The van der Waals surface area contributed by atoms with Crippen LogP contribution in [0.4, 0.5) is 5.69 Å². The minimum Gasteiger partial charge on any atom is -0.495 e. The van der Waals surface area contributed by atoms with Crippen molar-refractivity contribution in [1.82, 2.24) is 9.55 Å². The van der Waals surface area contributed by atoms with Gasteiger partial charge in [0.05, 0.1) is 12.8 Å². The van der Waals surface area contributed by atoms with E-state index in [1.807, 2.05) is 6.92 Å². The summed E-state index contributed by atoms with van der Waals surface area (Å²) in [6.07, 6.45) is 1.41. The SMILES string of the molecule is COc1cc(Cl)c(C)cc1NC(=O)CCn1ccc(=O)[nH]c1=O. The molecule has 1 heterocycles. The van der Waals surface area contributed by atoms with Crippen LogP contribution in [0.1, 0.15) is 12.0 Å². The van der Waals surface area contributed by atoms with Crippen molar-refractivity contribution < 1.29 is 9.53 Å². The summed E-state index contributed by atoms with van der Waals surface area (Å²) in [4.78, 5) is 36.7. The first kappa shape index (κ1) is 16.8. The van der Waals surface area contributed by atoms with E-state index in [1.165, 1.54) is 23.9 Å². The summed E-state index contributed by atoms with van der Waals surface area (Å²) in [7, 11) is 1.48. The zero-order valence-corrected chi connectivity index (χ0v) is 13.4. The average Bonchev–Trinajstić information content (AvgIpc) is 2.49. The molecule has 0 spiro atoms. The number of carbonyl (C=O) groups is 1. The number of aryl methyl sites for hydroxylation is 2. The van der Waals surface area contributed by atoms with Crippen LogP contribution in [0.15, 0.2) is 34.0 Å². The fraction of sp³-hybridized carbons (Fsp3) is 0.267. The van der Waals surface area contributed by atoms with E-state index in [2.05, 4.69) is 10.3 Å². The van der Waals surface area contributed by atoms with Gasteiger partial charge in [0.15, 0.2) is 0 Å². The van der Waals surface area contributed by atoms with Crippen LogP contribution in [0, 0.1) is 6.92 Å². The molecule has 1 amide bonds. The maximum Gasteiger partial charge on any atom is 0.328 e. The predicted molar refractivity (Wildman–Crippen MR) is 87.3 cm³/mol. The first-order valence-electron chi connectivity index (χ1n) is 6.84. The van der Waals surface area contributed by atoms with Crippen LogP contribution in [-0.2, 0) is 11.3 Å². The second kappa shape index (κ2) is 7.15. The number of aromatic nitrogens is 2. The van der Waals surface area contributed by atoms with Crippen molar-refractivity contribution >= 4 is 23.2 Å². The molecular formula is C15H16ClN3O4. The normalized spacial score (nSPS) is 10.4. The third kappa shape index (κ3) is 4.23. The molecule has 2 aromatic rings. The van der Waals surface area contributed by atoms with Crippen molar-refractivity contribution in [3.05, 3.63) is 55.8 Å². The Morgan fingerprint density at radius 2 is 2.13 bits per heavy atom. The number of halogens is 1. The van der Waals surface area contributed by atoms with Gasteiger partial charge in [0.25, 0.3) is 5.56 Å². The van der Waals surface area contributed by atoms with Gasteiger partial charge in [-0.15, -0.1) is 0 Å². The van der Waals surface area contributed by atoms with Crippen molar-refractivity contribution in [2.45, 2.75) is 19.9 Å². The highest BCUT2D eigenvalue weighted by atomic mass is 35.5. The maximum absolute atomic E-state index is 12.0. The average molecular weight is 338 g/mol. The summed E-state index contributed by atoms with van der Waals surface area (Å²) in [5.41, 5.74) is 0.287. The molecule has 2 rings (SSSR count). The topological polar surface area (TPSA) is 93.2 Å². The van der Waals surface area contributed by atoms with E-state index in [0.29, 0.717) is 16.5 Å². The lowest BCUT2D eigenvalue weighted by Gasteiger charge is -2.12. The maximum atomic E-state index is 12.0. The van der Waals surface area contributed by atoms with Crippen LogP contribution in [0.5, 0.6) is 5.75 Å². The van der Waals surface area contributed by atoms with Crippen LogP contribution >= 0.6 is 11.6 Å². The molecule has 0 saturated carbocycles. The van der Waals surface area contributed by atoms with Crippen LogP contribution in [0.3, 0.4) is 0 Å². The van der Waals surface area contributed by atoms with Gasteiger partial charge in [-0.1, -0.05) is 11.6 Å². The molecule has 23 heavy (non-hydrogen) atoms. The highest BCUT2D eigenvalue weighted by Crippen LogP contribution is 2.30. The molecule has 8 heteroatoms. The number of H-pyrrole nitrogens is 1. The standard InChI is InChI=1S/C15H16ClN3O4/c1-9-7-11(12(23-2)8-10(9)16)17-13(20)3-5-19-6-4-14(21)18-15(19)22/h4,6-8H,3,5H2,1-2H3,(H,17,20)(H,18,21,22). The molecule has 0 fully saturated rings. The van der Waals surface area contributed by atoms with Crippen molar-refractivity contribution in [1.29, 1.82) is 0 Å². The van der Waals surface area contributed by atoms with E-state index in [1.54, 1.807) is 12.1 Å². The molecule has 2 N–H and O–H groups in total. The zero-order chi connectivity index (χ0) is 17.0. The zero-order valence-electron chi connectivity index (χ0n) is 12.7. The lowest BCUT2D eigenvalue weighted by atomic mass is 10.2. The number of hydrogen-bond acceptors (Lipinski definition) is 4. The van der Waals surface area contributed by atoms with Crippen molar-refractivity contribution in [3.63, 3.8) is 0 Å². The lowest BCUT2D eigenvalue weighted by Crippen LogP contribution is -2.29. The van der Waals surface area contributed by atoms with Crippen molar-refractivity contribution in [3.8, 4) is 5.75 Å². The van der Waals surface area contributed by atoms with Crippen LogP contribution in [0.25, 0.3) is 0 Å². The molecule has 0 unspecified atom stereocenters. The number of hydrogen-bond donors (Lipinski definition) is 2. The molecule has 0 atom stereocenters. The Kier molecular flexibility index (Phi) is 5.23. The first-order valence-corrected chi connectivity index (χ1v) is 7.22. The van der Waals surface area contributed by atoms with E-state index in [4.69, 9.17) is 16.3 Å². The van der Waals surface area contributed by atoms with Gasteiger partial charge in [0.1, 0.15) is 5.75 Å². The largest absolute Gasteiger partial charge is 0.495 e. The van der Waals surface area contributed by atoms with Crippen LogP contribution in [-0.4, -0.2) is 22.6 Å². The van der Waals surface area contributed by atoms with E-state index in [9.17, 15) is 14.4 Å². The molecule has 1 aromatic heterocycles. The molecule has 0 radical (unpaired) electrons. The fourth-order valence-electron chi connectivity index (χ4n) is 1.98. The van der Waals surface area contributed by atoms with Crippen molar-refractivity contribution in [2.75, 3.05) is 12.4 Å². The van der Waals surface area contributed by atoms with Gasteiger partial charge < -0.3 is 14.6 Å². The highest BCUT2D eigenvalue weighted by Gasteiger charge is 2.10. The van der Waals surface area contributed by atoms with E-state index in [0.717, 1.165) is 5.56 Å². The number of amides is 1. The molecule has 1 aromatic carbocycles. The quantitative estimate of drug-likeness (QED) is 0.865. The Morgan fingerprint density at radius 3 is 2.78 bits per heavy atom. The summed E-state index contributed by atoms with van der Waals surface area (Å²) in [6, 6.07) is 4.56. The second-order valence-electron chi connectivity index (χ2n) is 4.90. The van der Waals surface area contributed by atoms with Crippen LogP contribution < -0.4 is 21.3 Å². The second-order valence-corrected chi connectivity index (χ2v) is 5.31. The highest BCUT2D eigenvalue weighted by molar-refractivity contribution is 6.31. The summed E-state index contributed by atoms with van der Waals surface area (Å²) < 4.78 is 6.44. The van der Waals surface area contributed by atoms with Gasteiger partial charge in [0.2, 0.25) is 5.91 Å². The van der Waals surface area contributed by atoms with Gasteiger partial charge in [-0.05, 0) is 18.6 Å².